The van der Waals surface area contributed by atoms with Gasteiger partial charge in [-0.1, -0.05) is 31.4 Å². The molecule has 0 heterocycles. The van der Waals surface area contributed by atoms with Crippen LogP contribution >= 0.6 is 0 Å². The smallest absolute Gasteiger partial charge is 0.255 e. The maximum atomic E-state index is 11.9. The lowest BCUT2D eigenvalue weighted by atomic mass is 9.95. The highest BCUT2D eigenvalue weighted by atomic mass is 16.5. The maximum absolute atomic E-state index is 11.9. The van der Waals surface area contributed by atoms with Crippen molar-refractivity contribution in [1.82, 2.24) is 5.32 Å². The molecule has 1 saturated carbocycles. The number of hydrogen-bond donors (Lipinski definition) is 2. The highest BCUT2D eigenvalue weighted by Gasteiger charge is 2.13. The highest BCUT2D eigenvalue weighted by molar-refractivity contribution is 5.91. The average Bonchev–Trinajstić information content (AvgIpc) is 2.53. The minimum atomic E-state index is -0.511. The molecule has 2 rings (SSSR count). The van der Waals surface area contributed by atoms with Crippen molar-refractivity contribution in [1.29, 1.82) is 0 Å². The predicted octanol–water partition coefficient (Wildman–Crippen LogP) is 2.01. The first kappa shape index (κ1) is 16.1. The molecule has 5 heteroatoms. The minimum Gasteiger partial charge on any atom is -0.484 e. The van der Waals surface area contributed by atoms with E-state index in [4.69, 9.17) is 10.5 Å². The summed E-state index contributed by atoms with van der Waals surface area (Å²) in [5, 5.41) is 3.03. The van der Waals surface area contributed by atoms with Crippen LogP contribution in [0, 0.1) is 0 Å². The summed E-state index contributed by atoms with van der Waals surface area (Å²) < 4.78 is 5.17. The third kappa shape index (κ3) is 5.60. The molecule has 1 aliphatic rings. The normalized spacial score (nSPS) is 15.6. The summed E-state index contributed by atoms with van der Waals surface area (Å²) in [6.45, 7) is -0.140. The second-order valence-electron chi connectivity index (χ2n) is 5.50. The van der Waals surface area contributed by atoms with Crippen molar-refractivity contribution in [2.45, 2.75) is 38.1 Å². The van der Waals surface area contributed by atoms with Crippen LogP contribution in [0.4, 0.5) is 0 Å². The van der Waals surface area contributed by atoms with E-state index in [0.29, 0.717) is 11.8 Å². The molecule has 2 amide bonds. The number of benzene rings is 1. The molecule has 118 valence electrons. The van der Waals surface area contributed by atoms with Crippen molar-refractivity contribution >= 4 is 17.9 Å². The van der Waals surface area contributed by atoms with Gasteiger partial charge in [0.2, 0.25) is 5.91 Å². The first-order chi connectivity index (χ1) is 10.6. The Kier molecular flexibility index (Phi) is 6.01. The number of primary amides is 1. The molecule has 5 nitrogen and oxygen atoms in total. The van der Waals surface area contributed by atoms with Gasteiger partial charge in [-0.05, 0) is 36.6 Å². The molecule has 0 aromatic heterocycles. The van der Waals surface area contributed by atoms with Crippen LogP contribution in [0.15, 0.2) is 30.3 Å². The van der Waals surface area contributed by atoms with Crippen molar-refractivity contribution in [3.63, 3.8) is 0 Å². The Labute approximate surface area is 130 Å². The lowest BCUT2D eigenvalue weighted by Crippen LogP contribution is -2.34. The molecule has 22 heavy (non-hydrogen) atoms. The fraction of sp³-hybridized carbons (Fsp3) is 0.412. The fourth-order valence-electron chi connectivity index (χ4n) is 2.50. The highest BCUT2D eigenvalue weighted by Crippen LogP contribution is 2.17. The van der Waals surface area contributed by atoms with Crippen LogP contribution in [-0.2, 0) is 9.59 Å². The van der Waals surface area contributed by atoms with Crippen LogP contribution in [0.1, 0.15) is 37.7 Å². The fourth-order valence-corrected chi connectivity index (χ4v) is 2.50. The van der Waals surface area contributed by atoms with E-state index in [1.165, 1.54) is 19.3 Å². The summed E-state index contributed by atoms with van der Waals surface area (Å²) in [6, 6.07) is 7.43. The third-order valence-corrected chi connectivity index (χ3v) is 3.64. The van der Waals surface area contributed by atoms with Gasteiger partial charge in [0.1, 0.15) is 5.75 Å². The van der Waals surface area contributed by atoms with Gasteiger partial charge in [-0.2, -0.15) is 0 Å². The lowest BCUT2D eigenvalue weighted by molar-refractivity contribution is -0.120. The van der Waals surface area contributed by atoms with Gasteiger partial charge in [-0.3, -0.25) is 9.59 Å². The number of nitrogens with two attached hydrogens (primary N) is 1. The van der Waals surface area contributed by atoms with E-state index in [1.54, 1.807) is 24.3 Å². The molecule has 0 atom stereocenters. The Hall–Kier alpha value is -2.30. The number of carbonyl (C=O) groups is 2. The average molecular weight is 302 g/mol. The van der Waals surface area contributed by atoms with Gasteiger partial charge in [0.05, 0.1) is 0 Å². The zero-order chi connectivity index (χ0) is 15.8. The zero-order valence-electron chi connectivity index (χ0n) is 12.6. The summed E-state index contributed by atoms with van der Waals surface area (Å²) in [5.74, 6) is 0.00641. The number of rotatable bonds is 6. The topological polar surface area (TPSA) is 81.4 Å². The van der Waals surface area contributed by atoms with Crippen molar-refractivity contribution in [2.24, 2.45) is 5.73 Å². The molecule has 0 radical (unpaired) electrons. The van der Waals surface area contributed by atoms with Crippen molar-refractivity contribution < 1.29 is 14.3 Å². The van der Waals surface area contributed by atoms with Crippen LogP contribution in [0.2, 0.25) is 0 Å². The first-order valence-corrected chi connectivity index (χ1v) is 7.63. The Morgan fingerprint density at radius 1 is 1.18 bits per heavy atom. The van der Waals surface area contributed by atoms with Gasteiger partial charge in [0.15, 0.2) is 6.61 Å². The summed E-state index contributed by atoms with van der Waals surface area (Å²) in [5.41, 5.74) is 5.90. The Bertz CT molecular complexity index is 531. The van der Waals surface area contributed by atoms with Crippen LogP contribution in [0.3, 0.4) is 0 Å². The number of carbonyl (C=O) groups excluding carboxylic acids is 2. The Morgan fingerprint density at radius 2 is 1.86 bits per heavy atom. The SMILES string of the molecule is NC(=O)COc1ccc(/C=C/C(=O)NC2CCCCC2)cc1. The molecular formula is C17H22N2O3. The van der Waals surface area contributed by atoms with Crippen LogP contribution in [-0.4, -0.2) is 24.5 Å². The third-order valence-electron chi connectivity index (χ3n) is 3.64. The van der Waals surface area contributed by atoms with Gasteiger partial charge in [-0.25, -0.2) is 0 Å². The van der Waals surface area contributed by atoms with Crippen LogP contribution < -0.4 is 15.8 Å². The zero-order valence-corrected chi connectivity index (χ0v) is 12.6. The molecule has 0 spiro atoms. The Balaban J connectivity index is 1.81. The van der Waals surface area contributed by atoms with E-state index in [-0.39, 0.29) is 12.5 Å². The van der Waals surface area contributed by atoms with E-state index >= 15 is 0 Å². The molecule has 0 bridgehead atoms. The summed E-state index contributed by atoms with van der Waals surface area (Å²) >= 11 is 0. The number of amides is 2. The second-order valence-corrected chi connectivity index (χ2v) is 5.50. The van der Waals surface area contributed by atoms with Crippen molar-refractivity contribution in [3.8, 4) is 5.75 Å². The van der Waals surface area contributed by atoms with E-state index in [2.05, 4.69) is 5.32 Å². The van der Waals surface area contributed by atoms with Gasteiger partial charge < -0.3 is 15.8 Å². The monoisotopic (exact) mass is 302 g/mol. The summed E-state index contributed by atoms with van der Waals surface area (Å²) in [6.07, 6.45) is 9.12. The number of ether oxygens (including phenoxy) is 1. The van der Waals surface area contributed by atoms with Gasteiger partial charge in [0.25, 0.3) is 5.91 Å². The van der Waals surface area contributed by atoms with Crippen molar-refractivity contribution in [2.75, 3.05) is 6.61 Å². The van der Waals surface area contributed by atoms with Gasteiger partial charge >= 0.3 is 0 Å². The lowest BCUT2D eigenvalue weighted by Gasteiger charge is -2.21. The van der Waals surface area contributed by atoms with E-state index in [9.17, 15) is 9.59 Å². The predicted molar refractivity (Wildman–Crippen MR) is 85.2 cm³/mol. The molecular weight excluding hydrogens is 280 g/mol. The molecule has 3 N–H and O–H groups in total. The van der Waals surface area contributed by atoms with E-state index in [1.807, 2.05) is 12.1 Å². The first-order valence-electron chi connectivity index (χ1n) is 7.63. The minimum absolute atomic E-state index is 0.0547. The van der Waals surface area contributed by atoms with Crippen molar-refractivity contribution in [3.05, 3.63) is 35.9 Å². The van der Waals surface area contributed by atoms with Crippen LogP contribution in [0.25, 0.3) is 6.08 Å². The summed E-state index contributed by atoms with van der Waals surface area (Å²) in [7, 11) is 0. The largest absolute Gasteiger partial charge is 0.484 e. The summed E-state index contributed by atoms with van der Waals surface area (Å²) in [4.78, 5) is 22.5. The molecule has 1 aliphatic carbocycles. The number of nitrogens with one attached hydrogen (secondary N) is 1. The second kappa shape index (κ2) is 8.22. The van der Waals surface area contributed by atoms with E-state index < -0.39 is 5.91 Å². The standard InChI is InChI=1S/C17H22N2O3/c18-16(20)12-22-15-9-6-13(7-10-15)8-11-17(21)19-14-4-2-1-3-5-14/h6-11,14H,1-5,12H2,(H2,18,20)(H,19,21)/b11-8+. The maximum Gasteiger partial charge on any atom is 0.255 e. The quantitative estimate of drug-likeness (QED) is 0.789. The molecule has 0 saturated heterocycles. The molecule has 0 unspecified atom stereocenters. The molecule has 1 aromatic rings. The van der Waals surface area contributed by atoms with Gasteiger partial charge in [0, 0.05) is 12.1 Å². The molecule has 1 fully saturated rings. The molecule has 0 aliphatic heterocycles. The van der Waals surface area contributed by atoms with Crippen LogP contribution in [0.5, 0.6) is 5.75 Å². The Morgan fingerprint density at radius 3 is 2.50 bits per heavy atom. The molecule has 1 aromatic carbocycles. The van der Waals surface area contributed by atoms with E-state index in [0.717, 1.165) is 18.4 Å². The number of hydrogen-bond acceptors (Lipinski definition) is 3. The van der Waals surface area contributed by atoms with Gasteiger partial charge in [-0.15, -0.1) is 0 Å².